The third-order valence-electron chi connectivity index (χ3n) is 2.14. The van der Waals surface area contributed by atoms with Gasteiger partial charge in [-0.3, -0.25) is 4.79 Å². The largest absolute Gasteiger partial charge is 0.387 e. The number of thiophene rings is 1. The average Bonchev–Trinajstić information content (AvgIpc) is 2.67. The molecule has 0 aliphatic heterocycles. The first kappa shape index (κ1) is 11.2. The minimum Gasteiger partial charge on any atom is -0.387 e. The molecule has 0 aromatic carbocycles. The zero-order chi connectivity index (χ0) is 10.7. The van der Waals surface area contributed by atoms with Crippen molar-refractivity contribution < 1.29 is 9.90 Å². The number of nitrogens with zero attached hydrogens (tertiary/aromatic N) is 1. The molecular weight excluding hydrogens is 198 g/mol. The smallest absolute Gasteiger partial charge is 0.227 e. The van der Waals surface area contributed by atoms with E-state index in [-0.39, 0.29) is 11.8 Å². The zero-order valence-corrected chi connectivity index (χ0v) is 9.41. The molecular formula is C10H15NO2S. The fraction of sp³-hybridized carbons (Fsp3) is 0.500. The average molecular weight is 213 g/mol. The van der Waals surface area contributed by atoms with E-state index in [1.165, 1.54) is 16.2 Å². The molecule has 1 aromatic rings. The number of hydrogen-bond donors (Lipinski definition) is 1. The predicted octanol–water partition coefficient (Wildman–Crippen LogP) is 1.51. The van der Waals surface area contributed by atoms with Gasteiger partial charge in [0.2, 0.25) is 5.91 Å². The topological polar surface area (TPSA) is 40.5 Å². The molecule has 0 aliphatic rings. The highest BCUT2D eigenvalue weighted by Crippen LogP contribution is 2.26. The van der Waals surface area contributed by atoms with Crippen LogP contribution in [0.1, 0.15) is 17.9 Å². The van der Waals surface area contributed by atoms with E-state index >= 15 is 0 Å². The maximum Gasteiger partial charge on any atom is 0.227 e. The molecule has 14 heavy (non-hydrogen) atoms. The number of aliphatic hydroxyl groups excluding tert-OH is 1. The Labute approximate surface area is 88.0 Å². The normalized spacial score (nSPS) is 14.9. The summed E-state index contributed by atoms with van der Waals surface area (Å²) in [5.74, 6) is -0.436. The maximum atomic E-state index is 11.6. The summed E-state index contributed by atoms with van der Waals surface area (Å²) in [5, 5.41) is 11.8. The van der Waals surface area contributed by atoms with Crippen LogP contribution in [0.15, 0.2) is 17.5 Å². The second kappa shape index (κ2) is 4.57. The number of rotatable bonds is 3. The molecule has 0 fully saturated rings. The molecule has 0 saturated carbocycles. The lowest BCUT2D eigenvalue weighted by atomic mass is 10.0. The van der Waals surface area contributed by atoms with Crippen LogP contribution in [0.3, 0.4) is 0 Å². The van der Waals surface area contributed by atoms with E-state index in [1.807, 2.05) is 17.5 Å². The van der Waals surface area contributed by atoms with Gasteiger partial charge in [-0.05, 0) is 11.4 Å². The highest BCUT2D eigenvalue weighted by molar-refractivity contribution is 7.10. The fourth-order valence-corrected chi connectivity index (χ4v) is 2.06. The van der Waals surface area contributed by atoms with Crippen molar-refractivity contribution in [1.29, 1.82) is 0 Å². The molecule has 0 radical (unpaired) electrons. The second-order valence-corrected chi connectivity index (χ2v) is 4.46. The Balaban J connectivity index is 2.70. The molecule has 1 amide bonds. The minimum atomic E-state index is -0.690. The van der Waals surface area contributed by atoms with E-state index < -0.39 is 6.10 Å². The van der Waals surface area contributed by atoms with Crippen molar-refractivity contribution in [3.05, 3.63) is 22.4 Å². The van der Waals surface area contributed by atoms with Crippen LogP contribution in [0, 0.1) is 5.92 Å². The molecule has 1 heterocycles. The minimum absolute atomic E-state index is 0.0501. The Morgan fingerprint density at radius 3 is 2.64 bits per heavy atom. The predicted molar refractivity (Wildman–Crippen MR) is 57.1 cm³/mol. The van der Waals surface area contributed by atoms with Crippen LogP contribution in [-0.4, -0.2) is 30.0 Å². The van der Waals surface area contributed by atoms with Gasteiger partial charge in [0.15, 0.2) is 0 Å². The lowest BCUT2D eigenvalue weighted by Crippen LogP contribution is -2.31. The van der Waals surface area contributed by atoms with Crippen LogP contribution < -0.4 is 0 Å². The molecule has 1 N–H and O–H groups in total. The van der Waals surface area contributed by atoms with Crippen LogP contribution in [0.4, 0.5) is 0 Å². The standard InChI is InChI=1S/C10H15NO2S/c1-7(10(13)11(2)3)9(12)8-5-4-6-14-8/h4-7,9,12H,1-3H3/t7-,9+/m1/s1. The first-order valence-corrected chi connectivity index (χ1v) is 5.34. The third-order valence-corrected chi connectivity index (χ3v) is 3.08. The highest BCUT2D eigenvalue weighted by Gasteiger charge is 2.25. The van der Waals surface area contributed by atoms with E-state index in [4.69, 9.17) is 0 Å². The Hall–Kier alpha value is -0.870. The van der Waals surface area contributed by atoms with Crippen molar-refractivity contribution in [2.24, 2.45) is 5.92 Å². The van der Waals surface area contributed by atoms with Crippen LogP contribution in [-0.2, 0) is 4.79 Å². The summed E-state index contributed by atoms with van der Waals surface area (Å²) >= 11 is 1.47. The first-order chi connectivity index (χ1) is 6.54. The molecule has 0 saturated heterocycles. The van der Waals surface area contributed by atoms with E-state index in [0.717, 1.165) is 4.88 Å². The SMILES string of the molecule is C[C@@H](C(=O)N(C)C)[C@H](O)c1cccs1. The summed E-state index contributed by atoms with van der Waals surface area (Å²) in [6.07, 6.45) is -0.690. The highest BCUT2D eigenvalue weighted by atomic mass is 32.1. The first-order valence-electron chi connectivity index (χ1n) is 4.46. The summed E-state index contributed by atoms with van der Waals surface area (Å²) < 4.78 is 0. The maximum absolute atomic E-state index is 11.6. The van der Waals surface area contributed by atoms with Gasteiger partial charge in [-0.2, -0.15) is 0 Å². The molecule has 3 nitrogen and oxygen atoms in total. The van der Waals surface area contributed by atoms with Gasteiger partial charge in [0.1, 0.15) is 0 Å². The fourth-order valence-electron chi connectivity index (χ4n) is 1.25. The molecule has 78 valence electrons. The van der Waals surface area contributed by atoms with Crippen molar-refractivity contribution in [3.63, 3.8) is 0 Å². The second-order valence-electron chi connectivity index (χ2n) is 3.48. The van der Waals surface area contributed by atoms with E-state index in [9.17, 15) is 9.90 Å². The van der Waals surface area contributed by atoms with Crippen LogP contribution in [0.2, 0.25) is 0 Å². The van der Waals surface area contributed by atoms with Gasteiger partial charge in [0.05, 0.1) is 12.0 Å². The summed E-state index contributed by atoms with van der Waals surface area (Å²) in [4.78, 5) is 13.9. The van der Waals surface area contributed by atoms with Crippen molar-refractivity contribution in [2.75, 3.05) is 14.1 Å². The van der Waals surface area contributed by atoms with Gasteiger partial charge in [0, 0.05) is 19.0 Å². The van der Waals surface area contributed by atoms with E-state index in [2.05, 4.69) is 0 Å². The number of aliphatic hydroxyl groups is 1. The molecule has 0 unspecified atom stereocenters. The molecule has 0 bridgehead atoms. The molecule has 2 atom stereocenters. The lowest BCUT2D eigenvalue weighted by Gasteiger charge is -2.20. The molecule has 4 heteroatoms. The Morgan fingerprint density at radius 2 is 2.21 bits per heavy atom. The molecule has 1 aromatic heterocycles. The quantitative estimate of drug-likeness (QED) is 0.826. The number of amides is 1. The summed E-state index contributed by atoms with van der Waals surface area (Å²) in [6.45, 7) is 1.74. The van der Waals surface area contributed by atoms with Crippen molar-refractivity contribution in [3.8, 4) is 0 Å². The lowest BCUT2D eigenvalue weighted by molar-refractivity contribution is -0.136. The van der Waals surface area contributed by atoms with Crippen molar-refractivity contribution in [1.82, 2.24) is 4.90 Å². The van der Waals surface area contributed by atoms with Gasteiger partial charge >= 0.3 is 0 Å². The van der Waals surface area contributed by atoms with Crippen molar-refractivity contribution in [2.45, 2.75) is 13.0 Å². The number of carbonyl (C=O) groups is 1. The van der Waals surface area contributed by atoms with Gasteiger partial charge in [0.25, 0.3) is 0 Å². The van der Waals surface area contributed by atoms with Crippen LogP contribution >= 0.6 is 11.3 Å². The van der Waals surface area contributed by atoms with Gasteiger partial charge in [-0.25, -0.2) is 0 Å². The van der Waals surface area contributed by atoms with Gasteiger partial charge in [-0.1, -0.05) is 13.0 Å². The Morgan fingerprint density at radius 1 is 1.57 bits per heavy atom. The van der Waals surface area contributed by atoms with E-state index in [1.54, 1.807) is 21.0 Å². The number of carbonyl (C=O) groups excluding carboxylic acids is 1. The summed E-state index contributed by atoms with van der Waals surface area (Å²) in [6, 6.07) is 3.71. The van der Waals surface area contributed by atoms with Crippen LogP contribution in [0.5, 0.6) is 0 Å². The molecule has 0 aliphatic carbocycles. The summed E-state index contributed by atoms with van der Waals surface area (Å²) in [7, 11) is 3.39. The summed E-state index contributed by atoms with van der Waals surface area (Å²) in [5.41, 5.74) is 0. The van der Waals surface area contributed by atoms with Gasteiger partial charge in [-0.15, -0.1) is 11.3 Å². The monoisotopic (exact) mass is 213 g/mol. The Kier molecular flexibility index (Phi) is 3.66. The molecule has 1 rings (SSSR count). The Bertz CT molecular complexity index is 295. The van der Waals surface area contributed by atoms with Gasteiger partial charge < -0.3 is 10.0 Å². The molecule has 0 spiro atoms. The zero-order valence-electron chi connectivity index (χ0n) is 8.60. The number of hydrogen-bond acceptors (Lipinski definition) is 3. The van der Waals surface area contributed by atoms with Crippen molar-refractivity contribution >= 4 is 17.2 Å². The third kappa shape index (κ3) is 2.33. The van der Waals surface area contributed by atoms with Crippen LogP contribution in [0.25, 0.3) is 0 Å². The van der Waals surface area contributed by atoms with E-state index in [0.29, 0.717) is 0 Å².